The van der Waals surface area contributed by atoms with Gasteiger partial charge in [0.1, 0.15) is 10.6 Å². The number of hydrogen-bond acceptors (Lipinski definition) is 4. The lowest BCUT2D eigenvalue weighted by Gasteiger charge is -2.28. The molecule has 5 rings (SSSR count). The van der Waals surface area contributed by atoms with E-state index in [1.165, 1.54) is 16.6 Å². The van der Waals surface area contributed by atoms with Crippen molar-refractivity contribution < 1.29 is 18.3 Å². The maximum atomic E-state index is 13.1. The van der Waals surface area contributed by atoms with Crippen LogP contribution in [-0.2, 0) is 10.0 Å². The smallest absolute Gasteiger partial charge is 0.272 e. The Morgan fingerprint density at radius 2 is 1.96 bits per heavy atom. The highest BCUT2D eigenvalue weighted by atomic mass is 32.2. The first-order valence-electron chi connectivity index (χ1n) is 9.20. The number of aliphatic hydroxyl groups excluding tert-OH is 1. The fraction of sp³-hybridized carbons (Fsp3) is 0.421. The van der Waals surface area contributed by atoms with E-state index in [-0.39, 0.29) is 28.5 Å². The van der Waals surface area contributed by atoms with Gasteiger partial charge >= 0.3 is 0 Å². The number of aromatic amines is 1. The molecule has 7 nitrogen and oxygen atoms in total. The van der Waals surface area contributed by atoms with E-state index >= 15 is 0 Å². The molecule has 1 aliphatic heterocycles. The number of aliphatic hydroxyl groups is 1. The molecule has 8 heteroatoms. The number of fused-ring (bicyclic) bond motifs is 1. The Morgan fingerprint density at radius 3 is 2.70 bits per heavy atom. The molecule has 142 valence electrons. The SMILES string of the molecule is O=C(Nc1ccccc1)c1cc(S(=O)(=O)N2CC3CC4CC3C2C4O)c[nH]1. The Kier molecular flexibility index (Phi) is 3.72. The number of nitrogens with one attached hydrogen (secondary N) is 2. The minimum absolute atomic E-state index is 0.0673. The molecule has 2 saturated carbocycles. The number of anilines is 1. The van der Waals surface area contributed by atoms with Gasteiger partial charge in [-0.25, -0.2) is 8.42 Å². The van der Waals surface area contributed by atoms with Crippen LogP contribution in [0.25, 0.3) is 0 Å². The van der Waals surface area contributed by atoms with Crippen LogP contribution >= 0.6 is 0 Å². The van der Waals surface area contributed by atoms with Gasteiger partial charge in [-0.2, -0.15) is 4.31 Å². The summed E-state index contributed by atoms with van der Waals surface area (Å²) in [7, 11) is -3.76. The molecule has 2 bridgehead atoms. The minimum Gasteiger partial charge on any atom is -0.391 e. The third kappa shape index (κ3) is 2.55. The Bertz CT molecular complexity index is 985. The fourth-order valence-corrected chi connectivity index (χ4v) is 6.88. The number of benzene rings is 1. The van der Waals surface area contributed by atoms with Gasteiger partial charge in [0.05, 0.1) is 12.1 Å². The summed E-state index contributed by atoms with van der Waals surface area (Å²) in [5.74, 6) is 0.436. The normalized spacial score (nSPS) is 32.1. The second kappa shape index (κ2) is 5.92. The zero-order valence-electron chi connectivity index (χ0n) is 14.6. The van der Waals surface area contributed by atoms with Gasteiger partial charge in [-0.15, -0.1) is 0 Å². The molecule has 1 amide bonds. The van der Waals surface area contributed by atoms with Crippen molar-refractivity contribution in [2.75, 3.05) is 11.9 Å². The quantitative estimate of drug-likeness (QED) is 0.742. The number of aromatic nitrogens is 1. The Labute approximate surface area is 157 Å². The van der Waals surface area contributed by atoms with E-state index in [0.29, 0.717) is 18.2 Å². The zero-order chi connectivity index (χ0) is 18.8. The number of H-pyrrole nitrogens is 1. The lowest BCUT2D eigenvalue weighted by molar-refractivity contribution is 0.0731. The zero-order valence-corrected chi connectivity index (χ0v) is 15.4. The first-order chi connectivity index (χ1) is 12.9. The molecule has 3 aliphatic rings. The van der Waals surface area contributed by atoms with Gasteiger partial charge in [0.15, 0.2) is 0 Å². The summed E-state index contributed by atoms with van der Waals surface area (Å²) < 4.78 is 27.7. The van der Waals surface area contributed by atoms with Crippen molar-refractivity contribution in [3.63, 3.8) is 0 Å². The van der Waals surface area contributed by atoms with Crippen LogP contribution in [0.15, 0.2) is 47.5 Å². The summed E-state index contributed by atoms with van der Waals surface area (Å²) in [6, 6.07) is 10.0. The predicted octanol–water partition coefficient (Wildman–Crippen LogP) is 1.66. The Hall–Kier alpha value is -2.16. The van der Waals surface area contributed by atoms with E-state index in [4.69, 9.17) is 0 Å². The van der Waals surface area contributed by atoms with Gasteiger partial charge in [-0.3, -0.25) is 4.79 Å². The molecule has 2 aromatic rings. The number of sulfonamides is 1. The van der Waals surface area contributed by atoms with Crippen molar-refractivity contribution in [3.05, 3.63) is 48.3 Å². The molecule has 0 radical (unpaired) electrons. The van der Waals surface area contributed by atoms with Crippen LogP contribution in [0, 0.1) is 17.8 Å². The van der Waals surface area contributed by atoms with E-state index in [1.807, 2.05) is 18.2 Å². The standard InChI is InChI=1S/C19H21N3O4S/c23-18-11-6-12-10-22(17(18)15(12)7-11)27(25,26)14-8-16(20-9-14)19(24)21-13-4-2-1-3-5-13/h1-5,8-9,11-12,15,17-18,20,23H,6-7,10H2,(H,21,24). The molecule has 5 atom stereocenters. The third-order valence-corrected chi connectivity index (χ3v) is 8.19. The molecule has 27 heavy (non-hydrogen) atoms. The minimum atomic E-state index is -3.76. The third-order valence-electron chi connectivity index (χ3n) is 6.34. The number of hydrogen-bond donors (Lipinski definition) is 3. The molecule has 3 N–H and O–H groups in total. The summed E-state index contributed by atoms with van der Waals surface area (Å²) >= 11 is 0. The molecular formula is C19H21N3O4S. The van der Waals surface area contributed by atoms with Crippen LogP contribution in [-0.4, -0.2) is 47.4 Å². The van der Waals surface area contributed by atoms with Crippen LogP contribution in [0.3, 0.4) is 0 Å². The van der Waals surface area contributed by atoms with E-state index in [9.17, 15) is 18.3 Å². The highest BCUT2D eigenvalue weighted by Crippen LogP contribution is 2.56. The summed E-state index contributed by atoms with van der Waals surface area (Å²) in [5, 5.41) is 13.2. The van der Waals surface area contributed by atoms with Gasteiger partial charge in [-0.05, 0) is 48.8 Å². The molecule has 1 saturated heterocycles. The van der Waals surface area contributed by atoms with Crippen molar-refractivity contribution in [1.82, 2.24) is 9.29 Å². The van der Waals surface area contributed by atoms with Crippen LogP contribution in [0.1, 0.15) is 23.3 Å². The number of carbonyl (C=O) groups excluding carboxylic acids is 1. The van der Waals surface area contributed by atoms with Gasteiger partial charge < -0.3 is 15.4 Å². The second-order valence-electron chi connectivity index (χ2n) is 7.78. The summed E-state index contributed by atoms with van der Waals surface area (Å²) in [5.41, 5.74) is 0.821. The van der Waals surface area contributed by atoms with Gasteiger partial charge in [0.25, 0.3) is 5.91 Å². The van der Waals surface area contributed by atoms with E-state index in [2.05, 4.69) is 10.3 Å². The van der Waals surface area contributed by atoms with E-state index < -0.39 is 22.0 Å². The number of rotatable bonds is 4. The maximum absolute atomic E-state index is 13.1. The van der Waals surface area contributed by atoms with Gasteiger partial charge in [-0.1, -0.05) is 18.2 Å². The molecule has 3 fully saturated rings. The van der Waals surface area contributed by atoms with Crippen molar-refractivity contribution in [1.29, 1.82) is 0 Å². The molecule has 2 heterocycles. The maximum Gasteiger partial charge on any atom is 0.272 e. The summed E-state index contributed by atoms with van der Waals surface area (Å²) in [4.78, 5) is 15.2. The van der Waals surface area contributed by atoms with Gasteiger partial charge in [0.2, 0.25) is 10.0 Å². The molecule has 2 aliphatic carbocycles. The van der Waals surface area contributed by atoms with Gasteiger partial charge in [0, 0.05) is 18.4 Å². The van der Waals surface area contributed by atoms with Crippen molar-refractivity contribution in [2.24, 2.45) is 17.8 Å². The fourth-order valence-electron chi connectivity index (χ4n) is 5.15. The number of amides is 1. The van der Waals surface area contributed by atoms with E-state index in [0.717, 1.165) is 12.8 Å². The number of nitrogens with zero attached hydrogens (tertiary/aromatic N) is 1. The summed E-state index contributed by atoms with van der Waals surface area (Å²) in [6.45, 7) is 0.460. The van der Waals surface area contributed by atoms with Crippen LogP contribution in [0.4, 0.5) is 5.69 Å². The lowest BCUT2D eigenvalue weighted by atomic mass is 9.88. The van der Waals surface area contributed by atoms with Crippen molar-refractivity contribution in [2.45, 2.75) is 29.9 Å². The first-order valence-corrected chi connectivity index (χ1v) is 10.6. The second-order valence-corrected chi connectivity index (χ2v) is 9.67. The Morgan fingerprint density at radius 1 is 1.19 bits per heavy atom. The van der Waals surface area contributed by atoms with Crippen LogP contribution < -0.4 is 5.32 Å². The first kappa shape index (κ1) is 17.0. The van der Waals surface area contributed by atoms with Crippen LogP contribution in [0.5, 0.6) is 0 Å². The molecule has 5 unspecified atom stereocenters. The predicted molar refractivity (Wildman–Crippen MR) is 98.6 cm³/mol. The monoisotopic (exact) mass is 387 g/mol. The molecule has 1 aromatic heterocycles. The van der Waals surface area contributed by atoms with E-state index in [1.54, 1.807) is 12.1 Å². The highest BCUT2D eigenvalue weighted by Gasteiger charge is 2.61. The average molecular weight is 387 g/mol. The topological polar surface area (TPSA) is 102 Å². The molecule has 0 spiro atoms. The largest absolute Gasteiger partial charge is 0.391 e. The number of carbonyl (C=O) groups is 1. The molecule has 1 aromatic carbocycles. The van der Waals surface area contributed by atoms with Crippen molar-refractivity contribution >= 4 is 21.6 Å². The highest BCUT2D eigenvalue weighted by molar-refractivity contribution is 7.89. The Balaban J connectivity index is 1.38. The van der Waals surface area contributed by atoms with Crippen LogP contribution in [0.2, 0.25) is 0 Å². The number of para-hydroxylation sites is 1. The summed E-state index contributed by atoms with van der Waals surface area (Å²) in [6.07, 6.45) is 2.60. The lowest BCUT2D eigenvalue weighted by Crippen LogP contribution is -2.43. The van der Waals surface area contributed by atoms with Crippen molar-refractivity contribution in [3.8, 4) is 0 Å². The average Bonchev–Trinajstić information content (AvgIpc) is 3.38. The molecular weight excluding hydrogens is 366 g/mol.